The van der Waals surface area contributed by atoms with Crippen LogP contribution in [0.1, 0.15) is 5.56 Å². The number of H-pyrrole nitrogens is 1. The normalized spacial score (nSPS) is 10.0. The summed E-state index contributed by atoms with van der Waals surface area (Å²) in [6.45, 7) is 0. The van der Waals surface area contributed by atoms with Gasteiger partial charge in [-0.25, -0.2) is 0 Å². The first-order valence-corrected chi connectivity index (χ1v) is 3.86. The summed E-state index contributed by atoms with van der Waals surface area (Å²) in [5, 5.41) is 10.1. The molecule has 0 saturated heterocycles. The second-order valence-corrected chi connectivity index (χ2v) is 2.86. The van der Waals surface area contributed by atoms with E-state index in [1.165, 1.54) is 0 Å². The number of hydrogen-bond acceptors (Lipinski definition) is 1. The zero-order valence-electron chi connectivity index (χ0n) is 6.13. The van der Waals surface area contributed by atoms with Gasteiger partial charge in [0.1, 0.15) is 6.07 Å². The van der Waals surface area contributed by atoms with Gasteiger partial charge in [0.05, 0.1) is 10.6 Å². The Bertz CT molecular complexity index is 465. The third-order valence-electron chi connectivity index (χ3n) is 1.79. The molecule has 1 heterocycles. The van der Waals surface area contributed by atoms with Crippen LogP contribution in [0, 0.1) is 11.3 Å². The molecule has 58 valence electrons. The van der Waals surface area contributed by atoms with E-state index in [0.717, 1.165) is 10.9 Å². The molecule has 1 aromatic heterocycles. The molecule has 0 aliphatic heterocycles. The number of rotatable bonds is 0. The van der Waals surface area contributed by atoms with Crippen molar-refractivity contribution in [2.45, 2.75) is 0 Å². The average molecular weight is 177 g/mol. The molecular weight excluding hydrogens is 172 g/mol. The fourth-order valence-corrected chi connectivity index (χ4v) is 1.45. The van der Waals surface area contributed by atoms with Gasteiger partial charge < -0.3 is 4.98 Å². The summed E-state index contributed by atoms with van der Waals surface area (Å²) in [6.07, 6.45) is 1.80. The molecule has 0 spiro atoms. The molecule has 12 heavy (non-hydrogen) atoms. The number of nitrogens with one attached hydrogen (secondary N) is 1. The van der Waals surface area contributed by atoms with Crippen LogP contribution in [0.3, 0.4) is 0 Å². The van der Waals surface area contributed by atoms with Crippen molar-refractivity contribution in [3.63, 3.8) is 0 Å². The minimum atomic E-state index is 0.517. The number of hydrogen-bond donors (Lipinski definition) is 1. The summed E-state index contributed by atoms with van der Waals surface area (Å²) >= 11 is 5.94. The number of aromatic nitrogens is 1. The van der Waals surface area contributed by atoms with Crippen molar-refractivity contribution in [3.8, 4) is 6.07 Å². The van der Waals surface area contributed by atoms with Crippen molar-refractivity contribution in [3.05, 3.63) is 35.0 Å². The van der Waals surface area contributed by atoms with Crippen molar-refractivity contribution in [1.29, 1.82) is 5.26 Å². The molecule has 0 fully saturated rings. The van der Waals surface area contributed by atoms with Gasteiger partial charge in [-0.2, -0.15) is 5.26 Å². The van der Waals surface area contributed by atoms with E-state index >= 15 is 0 Å². The van der Waals surface area contributed by atoms with E-state index in [9.17, 15) is 0 Å². The second-order valence-electron chi connectivity index (χ2n) is 2.48. The van der Waals surface area contributed by atoms with E-state index < -0.39 is 0 Å². The summed E-state index contributed by atoms with van der Waals surface area (Å²) in [5.41, 5.74) is 1.47. The van der Waals surface area contributed by atoms with Gasteiger partial charge in [-0.3, -0.25) is 0 Å². The molecule has 2 nitrogen and oxygen atoms in total. The second kappa shape index (κ2) is 2.54. The lowest BCUT2D eigenvalue weighted by Crippen LogP contribution is -1.76. The fraction of sp³-hybridized carbons (Fsp3) is 0. The smallest absolute Gasteiger partial charge is 0.101 e. The molecule has 2 aromatic rings. The van der Waals surface area contributed by atoms with Gasteiger partial charge >= 0.3 is 0 Å². The maximum Gasteiger partial charge on any atom is 0.101 e. The van der Waals surface area contributed by atoms with Crippen LogP contribution in [-0.2, 0) is 0 Å². The first-order chi connectivity index (χ1) is 5.83. The molecular formula is C9H5ClN2. The Balaban J connectivity index is 2.89. The minimum absolute atomic E-state index is 0.517. The fourth-order valence-electron chi connectivity index (χ4n) is 1.18. The predicted octanol–water partition coefficient (Wildman–Crippen LogP) is 2.69. The molecule has 0 unspecified atom stereocenters. The van der Waals surface area contributed by atoms with Gasteiger partial charge in [-0.15, -0.1) is 0 Å². The zero-order valence-corrected chi connectivity index (χ0v) is 6.89. The van der Waals surface area contributed by atoms with Gasteiger partial charge in [0.25, 0.3) is 0 Å². The SMILES string of the molecule is N#Cc1ccc2[nH]ccc2c1Cl. The quantitative estimate of drug-likeness (QED) is 0.659. The van der Waals surface area contributed by atoms with Crippen LogP contribution in [0.2, 0.25) is 5.02 Å². The van der Waals surface area contributed by atoms with Gasteiger partial charge in [-0.1, -0.05) is 11.6 Å². The summed E-state index contributed by atoms with van der Waals surface area (Å²) < 4.78 is 0. The standard InChI is InChI=1S/C9H5ClN2/c10-9-6(5-11)1-2-8-7(9)3-4-12-8/h1-4,12H. The van der Waals surface area contributed by atoms with Crippen molar-refractivity contribution in [2.75, 3.05) is 0 Å². The van der Waals surface area contributed by atoms with Crippen molar-refractivity contribution >= 4 is 22.5 Å². The minimum Gasteiger partial charge on any atom is -0.361 e. The van der Waals surface area contributed by atoms with Crippen LogP contribution < -0.4 is 0 Å². The molecule has 3 heteroatoms. The third-order valence-corrected chi connectivity index (χ3v) is 2.20. The molecule has 0 radical (unpaired) electrons. The Morgan fingerprint density at radius 2 is 2.17 bits per heavy atom. The zero-order chi connectivity index (χ0) is 8.55. The molecule has 2 rings (SSSR count). The molecule has 0 bridgehead atoms. The van der Waals surface area contributed by atoms with Crippen LogP contribution in [0.15, 0.2) is 24.4 Å². The van der Waals surface area contributed by atoms with Crippen molar-refractivity contribution in [1.82, 2.24) is 4.98 Å². The first-order valence-electron chi connectivity index (χ1n) is 3.48. The van der Waals surface area contributed by atoms with Crippen LogP contribution in [0.25, 0.3) is 10.9 Å². The Hall–Kier alpha value is -1.46. The Morgan fingerprint density at radius 1 is 1.33 bits per heavy atom. The van der Waals surface area contributed by atoms with E-state index in [4.69, 9.17) is 16.9 Å². The predicted molar refractivity (Wildman–Crippen MR) is 48.0 cm³/mol. The van der Waals surface area contributed by atoms with E-state index in [0.29, 0.717) is 10.6 Å². The van der Waals surface area contributed by atoms with E-state index in [1.54, 1.807) is 12.3 Å². The number of nitriles is 1. The van der Waals surface area contributed by atoms with Crippen LogP contribution in [0.5, 0.6) is 0 Å². The molecule has 1 N–H and O–H groups in total. The summed E-state index contributed by atoms with van der Waals surface area (Å²) in [4.78, 5) is 3.02. The van der Waals surface area contributed by atoms with Gasteiger partial charge in [0.2, 0.25) is 0 Å². The molecule has 0 aliphatic carbocycles. The first kappa shape index (κ1) is 7.20. The monoisotopic (exact) mass is 176 g/mol. The van der Waals surface area contributed by atoms with E-state index in [2.05, 4.69) is 4.98 Å². The molecule has 0 amide bonds. The maximum atomic E-state index is 8.67. The number of aromatic amines is 1. The Kier molecular flexibility index (Phi) is 1.53. The highest BCUT2D eigenvalue weighted by Gasteiger charge is 2.04. The largest absolute Gasteiger partial charge is 0.361 e. The highest BCUT2D eigenvalue weighted by Crippen LogP contribution is 2.25. The summed E-state index contributed by atoms with van der Waals surface area (Å²) in [6, 6.07) is 7.45. The van der Waals surface area contributed by atoms with Gasteiger partial charge in [0, 0.05) is 17.1 Å². The molecule has 1 aromatic carbocycles. The third kappa shape index (κ3) is 0.876. The van der Waals surface area contributed by atoms with Crippen molar-refractivity contribution < 1.29 is 0 Å². The van der Waals surface area contributed by atoms with Crippen LogP contribution >= 0.6 is 11.6 Å². The highest BCUT2D eigenvalue weighted by atomic mass is 35.5. The summed E-state index contributed by atoms with van der Waals surface area (Å²) in [5.74, 6) is 0. The lowest BCUT2D eigenvalue weighted by Gasteiger charge is -1.95. The molecule has 0 aliphatic rings. The Morgan fingerprint density at radius 3 is 2.92 bits per heavy atom. The number of benzene rings is 1. The number of nitrogens with zero attached hydrogens (tertiary/aromatic N) is 1. The number of fused-ring (bicyclic) bond motifs is 1. The number of halogens is 1. The van der Waals surface area contributed by atoms with Crippen molar-refractivity contribution in [2.24, 2.45) is 0 Å². The lowest BCUT2D eigenvalue weighted by molar-refractivity contribution is 1.47. The summed E-state index contributed by atoms with van der Waals surface area (Å²) in [7, 11) is 0. The Labute approximate surface area is 74.4 Å². The lowest BCUT2D eigenvalue weighted by atomic mass is 10.2. The topological polar surface area (TPSA) is 39.6 Å². The highest BCUT2D eigenvalue weighted by molar-refractivity contribution is 6.36. The van der Waals surface area contributed by atoms with Gasteiger partial charge in [-0.05, 0) is 18.2 Å². The average Bonchev–Trinajstić information content (AvgIpc) is 2.53. The maximum absolute atomic E-state index is 8.67. The van der Waals surface area contributed by atoms with E-state index in [1.807, 2.05) is 18.2 Å². The van der Waals surface area contributed by atoms with Crippen LogP contribution in [-0.4, -0.2) is 4.98 Å². The molecule has 0 saturated carbocycles. The van der Waals surface area contributed by atoms with Crippen LogP contribution in [0.4, 0.5) is 0 Å². The van der Waals surface area contributed by atoms with Gasteiger partial charge in [0.15, 0.2) is 0 Å². The van der Waals surface area contributed by atoms with E-state index in [-0.39, 0.29) is 0 Å². The molecule has 0 atom stereocenters.